The van der Waals surface area contributed by atoms with Gasteiger partial charge in [0.1, 0.15) is 5.75 Å². The Hall–Kier alpha value is -2.60. The zero-order chi connectivity index (χ0) is 23.7. The third-order valence-corrected chi connectivity index (χ3v) is 6.08. The Labute approximate surface area is 191 Å². The molecule has 1 aromatic carbocycles. The Morgan fingerprint density at radius 1 is 1.16 bits per heavy atom. The zero-order valence-corrected chi connectivity index (χ0v) is 20.4. The van der Waals surface area contributed by atoms with Crippen LogP contribution in [0.15, 0.2) is 30.5 Å². The summed E-state index contributed by atoms with van der Waals surface area (Å²) in [5.74, 6) is -0.285. The van der Waals surface area contributed by atoms with E-state index in [0.717, 1.165) is 48.5 Å². The summed E-state index contributed by atoms with van der Waals surface area (Å²) in [4.78, 5) is 19.4. The zero-order valence-electron chi connectivity index (χ0n) is 20.4. The molecule has 6 nitrogen and oxygen atoms in total. The van der Waals surface area contributed by atoms with Gasteiger partial charge in [-0.1, -0.05) is 32.0 Å². The number of benzene rings is 1. The third-order valence-electron chi connectivity index (χ3n) is 6.08. The maximum atomic E-state index is 12.4. The van der Waals surface area contributed by atoms with E-state index in [-0.39, 0.29) is 5.41 Å². The Morgan fingerprint density at radius 3 is 2.34 bits per heavy atom. The molecule has 1 aromatic heterocycles. The molecule has 0 aliphatic carbocycles. The van der Waals surface area contributed by atoms with E-state index in [1.165, 1.54) is 0 Å². The molecule has 1 N–H and O–H groups in total. The number of hydrogen-bond acceptors (Lipinski definition) is 5. The molecule has 32 heavy (non-hydrogen) atoms. The number of methoxy groups -OCH3 is 1. The van der Waals surface area contributed by atoms with Gasteiger partial charge >= 0.3 is 5.97 Å². The van der Waals surface area contributed by atoms with Gasteiger partial charge in [0, 0.05) is 41.7 Å². The second-order valence-corrected chi connectivity index (χ2v) is 10.3. The van der Waals surface area contributed by atoms with E-state index in [1.54, 1.807) is 7.11 Å². The first-order chi connectivity index (χ1) is 14.9. The number of para-hydroxylation sites is 1. The smallest absolute Gasteiger partial charge is 0.337 e. The van der Waals surface area contributed by atoms with Crippen molar-refractivity contribution in [3.8, 4) is 16.9 Å². The Bertz CT molecular complexity index is 968. The maximum Gasteiger partial charge on any atom is 0.337 e. The van der Waals surface area contributed by atoms with E-state index < -0.39 is 17.7 Å². The van der Waals surface area contributed by atoms with Gasteiger partial charge in [0.05, 0.1) is 18.4 Å². The molecule has 1 aliphatic rings. The van der Waals surface area contributed by atoms with Crippen LogP contribution in [0.4, 0.5) is 5.69 Å². The van der Waals surface area contributed by atoms with E-state index >= 15 is 0 Å². The van der Waals surface area contributed by atoms with Crippen LogP contribution in [0.5, 0.6) is 5.75 Å². The van der Waals surface area contributed by atoms with Crippen molar-refractivity contribution in [3.05, 3.63) is 41.7 Å². The van der Waals surface area contributed by atoms with E-state index in [1.807, 2.05) is 58.2 Å². The highest BCUT2D eigenvalue weighted by molar-refractivity contribution is 5.88. The van der Waals surface area contributed by atoms with Crippen LogP contribution >= 0.6 is 0 Å². The minimum atomic E-state index is -1.12. The molecule has 0 spiro atoms. The molecule has 1 saturated heterocycles. The molecule has 1 fully saturated rings. The van der Waals surface area contributed by atoms with Crippen molar-refractivity contribution in [3.63, 3.8) is 0 Å². The first kappa shape index (κ1) is 24.1. The molecule has 1 aliphatic heterocycles. The molecule has 2 aromatic rings. The van der Waals surface area contributed by atoms with Crippen LogP contribution in [0.1, 0.15) is 64.8 Å². The summed E-state index contributed by atoms with van der Waals surface area (Å²) in [6.07, 6.45) is 2.76. The molecule has 0 saturated carbocycles. The van der Waals surface area contributed by atoms with Gasteiger partial charge in [-0.3, -0.25) is 4.98 Å². The summed E-state index contributed by atoms with van der Waals surface area (Å²) in [6, 6.07) is 7.79. The third kappa shape index (κ3) is 5.23. The van der Waals surface area contributed by atoms with Gasteiger partial charge in [-0.2, -0.15) is 0 Å². The fraction of sp³-hybridized carbons (Fsp3) is 0.538. The topological polar surface area (TPSA) is 71.9 Å². The van der Waals surface area contributed by atoms with Crippen LogP contribution in [0, 0.1) is 12.3 Å². The summed E-state index contributed by atoms with van der Waals surface area (Å²) in [5.41, 5.74) is 3.56. The van der Waals surface area contributed by atoms with Crippen molar-refractivity contribution in [2.45, 2.75) is 66.1 Å². The van der Waals surface area contributed by atoms with Crippen molar-refractivity contribution in [2.75, 3.05) is 25.1 Å². The summed E-state index contributed by atoms with van der Waals surface area (Å²) in [5, 5.41) is 10.2. The number of aryl methyl sites for hydroxylation is 1. The second kappa shape index (κ2) is 9.10. The van der Waals surface area contributed by atoms with E-state index in [0.29, 0.717) is 11.3 Å². The summed E-state index contributed by atoms with van der Waals surface area (Å²) >= 11 is 0. The lowest BCUT2D eigenvalue weighted by atomic mass is 9.82. The van der Waals surface area contributed by atoms with Gasteiger partial charge in [0.15, 0.2) is 6.10 Å². The molecule has 0 amide bonds. The fourth-order valence-electron chi connectivity index (χ4n) is 4.25. The SMILES string of the molecule is COc1ccccc1-c1cnc(C)c(C(OC(C)(C)C)C(=O)O)c1N1CCC(C)(C)CC1. The standard InChI is InChI=1S/C26H36N2O4/c1-17-21(23(24(29)30)32-25(2,3)4)22(28-14-12-26(5,6)13-15-28)19(16-27-17)18-10-8-9-11-20(18)31-7/h8-11,16,23H,12-15H2,1-7H3,(H,29,30). The fourth-order valence-corrected chi connectivity index (χ4v) is 4.25. The molecule has 2 heterocycles. The minimum Gasteiger partial charge on any atom is -0.496 e. The predicted octanol–water partition coefficient (Wildman–Crippen LogP) is 5.63. The summed E-state index contributed by atoms with van der Waals surface area (Å²) < 4.78 is 11.7. The average molecular weight is 441 g/mol. The van der Waals surface area contributed by atoms with E-state index in [4.69, 9.17) is 9.47 Å². The number of aromatic nitrogens is 1. The molecule has 6 heteroatoms. The lowest BCUT2D eigenvalue weighted by molar-refractivity contribution is -0.160. The Morgan fingerprint density at radius 2 is 1.78 bits per heavy atom. The molecular formula is C26H36N2O4. The molecule has 174 valence electrons. The number of carboxylic acid groups (broad SMARTS) is 1. The van der Waals surface area contributed by atoms with Gasteiger partial charge in [-0.15, -0.1) is 0 Å². The molecule has 0 bridgehead atoms. The lowest BCUT2D eigenvalue weighted by Gasteiger charge is -2.41. The monoisotopic (exact) mass is 440 g/mol. The number of ether oxygens (including phenoxy) is 2. The largest absolute Gasteiger partial charge is 0.496 e. The number of carbonyl (C=O) groups is 1. The number of nitrogens with zero attached hydrogens (tertiary/aromatic N) is 2. The van der Waals surface area contributed by atoms with Gasteiger partial charge in [-0.25, -0.2) is 4.79 Å². The summed E-state index contributed by atoms with van der Waals surface area (Å²) in [6.45, 7) is 13.7. The Balaban J connectivity index is 2.27. The predicted molar refractivity (Wildman–Crippen MR) is 127 cm³/mol. The highest BCUT2D eigenvalue weighted by Gasteiger charge is 2.36. The molecule has 0 radical (unpaired) electrons. The van der Waals surface area contributed by atoms with Crippen LogP contribution < -0.4 is 9.64 Å². The second-order valence-electron chi connectivity index (χ2n) is 10.3. The van der Waals surface area contributed by atoms with Crippen molar-refractivity contribution >= 4 is 11.7 Å². The number of hydrogen-bond donors (Lipinski definition) is 1. The number of rotatable bonds is 6. The number of anilines is 1. The first-order valence-corrected chi connectivity index (χ1v) is 11.2. The van der Waals surface area contributed by atoms with Gasteiger partial charge in [0.25, 0.3) is 0 Å². The normalized spacial score (nSPS) is 17.2. The van der Waals surface area contributed by atoms with Gasteiger partial charge < -0.3 is 19.5 Å². The van der Waals surface area contributed by atoms with Crippen LogP contribution in [0.25, 0.3) is 11.1 Å². The van der Waals surface area contributed by atoms with Crippen molar-refractivity contribution < 1.29 is 19.4 Å². The number of aliphatic carboxylic acids is 1. The van der Waals surface area contributed by atoms with Crippen LogP contribution in [0.2, 0.25) is 0 Å². The van der Waals surface area contributed by atoms with Crippen molar-refractivity contribution in [1.29, 1.82) is 0 Å². The Kier molecular flexibility index (Phi) is 6.84. The van der Waals surface area contributed by atoms with Crippen molar-refractivity contribution in [2.24, 2.45) is 5.41 Å². The molecular weight excluding hydrogens is 404 g/mol. The first-order valence-electron chi connectivity index (χ1n) is 11.2. The van der Waals surface area contributed by atoms with Crippen LogP contribution in [-0.2, 0) is 9.53 Å². The van der Waals surface area contributed by atoms with Gasteiger partial charge in [0.2, 0.25) is 0 Å². The lowest BCUT2D eigenvalue weighted by Crippen LogP contribution is -2.39. The minimum absolute atomic E-state index is 0.261. The molecule has 3 rings (SSSR count). The number of carboxylic acids is 1. The number of pyridine rings is 1. The van der Waals surface area contributed by atoms with Crippen LogP contribution in [0.3, 0.4) is 0 Å². The summed E-state index contributed by atoms with van der Waals surface area (Å²) in [7, 11) is 1.65. The number of piperidine rings is 1. The van der Waals surface area contributed by atoms with Gasteiger partial charge in [-0.05, 0) is 52.0 Å². The van der Waals surface area contributed by atoms with Crippen molar-refractivity contribution in [1.82, 2.24) is 4.98 Å². The molecule has 1 atom stereocenters. The van der Waals surface area contributed by atoms with E-state index in [2.05, 4.69) is 23.7 Å². The highest BCUT2D eigenvalue weighted by Crippen LogP contribution is 2.45. The average Bonchev–Trinajstić information content (AvgIpc) is 2.71. The highest BCUT2D eigenvalue weighted by atomic mass is 16.5. The maximum absolute atomic E-state index is 12.4. The van der Waals surface area contributed by atoms with Crippen LogP contribution in [-0.4, -0.2) is 41.9 Å². The quantitative estimate of drug-likeness (QED) is 0.627. The van der Waals surface area contributed by atoms with E-state index in [9.17, 15) is 9.90 Å². The molecule has 1 unspecified atom stereocenters.